The highest BCUT2D eigenvalue weighted by Gasteiger charge is 2.21. The summed E-state index contributed by atoms with van der Waals surface area (Å²) in [6.45, 7) is 3.83. The van der Waals surface area contributed by atoms with Crippen LogP contribution in [0.4, 0.5) is 4.39 Å². The summed E-state index contributed by atoms with van der Waals surface area (Å²) in [6, 6.07) is 4.47. The quantitative estimate of drug-likeness (QED) is 0.795. The van der Waals surface area contributed by atoms with Crippen molar-refractivity contribution in [3.8, 4) is 0 Å². The van der Waals surface area contributed by atoms with Gasteiger partial charge >= 0.3 is 0 Å². The molecule has 1 aromatic carbocycles. The monoisotopic (exact) mass is 327 g/mol. The molecule has 1 unspecified atom stereocenters. The van der Waals surface area contributed by atoms with Crippen LogP contribution in [-0.2, 0) is 0 Å². The molecule has 0 aliphatic carbocycles. The van der Waals surface area contributed by atoms with Crippen LogP contribution >= 0.6 is 15.9 Å². The van der Waals surface area contributed by atoms with E-state index in [9.17, 15) is 9.18 Å². The predicted octanol–water partition coefficient (Wildman–Crippen LogP) is 4.24. The highest BCUT2D eigenvalue weighted by molar-refractivity contribution is 9.10. The maximum Gasteiger partial charge on any atom is 0.253 e. The van der Waals surface area contributed by atoms with Crippen LogP contribution in [0.1, 0.15) is 43.0 Å². The van der Waals surface area contributed by atoms with Gasteiger partial charge in [-0.3, -0.25) is 4.79 Å². The molecule has 0 spiro atoms. The van der Waals surface area contributed by atoms with E-state index in [4.69, 9.17) is 0 Å². The van der Waals surface area contributed by atoms with E-state index in [1.54, 1.807) is 12.1 Å². The van der Waals surface area contributed by atoms with Gasteiger partial charge in [0.25, 0.3) is 5.91 Å². The Balaban J connectivity index is 2.08. The molecule has 0 aromatic heterocycles. The molecule has 0 radical (unpaired) electrons. The number of hydrogen-bond donors (Lipinski definition) is 0. The summed E-state index contributed by atoms with van der Waals surface area (Å²) in [4.78, 5) is 14.3. The molecule has 4 heteroatoms. The molecule has 1 aliphatic heterocycles. The second kappa shape index (κ2) is 6.51. The molecule has 0 N–H and O–H groups in total. The van der Waals surface area contributed by atoms with E-state index in [0.29, 0.717) is 10.0 Å². The van der Waals surface area contributed by atoms with Crippen LogP contribution in [0.2, 0.25) is 0 Å². The molecule has 1 amide bonds. The fourth-order valence-corrected chi connectivity index (χ4v) is 2.97. The maximum absolute atomic E-state index is 13.2. The van der Waals surface area contributed by atoms with Crippen LogP contribution < -0.4 is 0 Å². The van der Waals surface area contributed by atoms with E-state index in [0.717, 1.165) is 31.8 Å². The number of nitrogens with zero attached hydrogens (tertiary/aromatic N) is 1. The van der Waals surface area contributed by atoms with E-state index in [2.05, 4.69) is 22.9 Å². The minimum atomic E-state index is -0.335. The van der Waals surface area contributed by atoms with Gasteiger partial charge in [-0.1, -0.05) is 13.3 Å². The third kappa shape index (κ3) is 3.56. The highest BCUT2D eigenvalue weighted by atomic mass is 79.9. The highest BCUT2D eigenvalue weighted by Crippen LogP contribution is 2.23. The zero-order chi connectivity index (χ0) is 13.8. The molecular formula is C15H19BrFNO. The summed E-state index contributed by atoms with van der Waals surface area (Å²) in [5.74, 6) is 0.411. The van der Waals surface area contributed by atoms with Crippen LogP contribution in [-0.4, -0.2) is 23.9 Å². The molecule has 1 aromatic rings. The van der Waals surface area contributed by atoms with E-state index >= 15 is 0 Å². The third-order valence-electron chi connectivity index (χ3n) is 3.88. The molecule has 1 saturated heterocycles. The second-order valence-electron chi connectivity index (χ2n) is 5.13. The number of halogens is 2. The first-order valence-electron chi connectivity index (χ1n) is 6.86. The van der Waals surface area contributed by atoms with Crippen molar-refractivity contribution in [2.45, 2.75) is 32.6 Å². The van der Waals surface area contributed by atoms with Crippen LogP contribution in [0.15, 0.2) is 22.7 Å². The van der Waals surface area contributed by atoms with Gasteiger partial charge in [0.1, 0.15) is 5.82 Å². The summed E-state index contributed by atoms with van der Waals surface area (Å²) in [7, 11) is 0. The summed E-state index contributed by atoms with van der Waals surface area (Å²) in [5.41, 5.74) is 0.559. The Morgan fingerprint density at radius 2 is 2.21 bits per heavy atom. The van der Waals surface area contributed by atoms with Crippen molar-refractivity contribution in [1.82, 2.24) is 4.90 Å². The van der Waals surface area contributed by atoms with E-state index in [1.807, 2.05) is 4.90 Å². The zero-order valence-corrected chi connectivity index (χ0v) is 12.7. The average molecular weight is 328 g/mol. The molecule has 0 saturated carbocycles. The Morgan fingerprint density at radius 1 is 1.42 bits per heavy atom. The lowest BCUT2D eigenvalue weighted by Gasteiger charge is -2.20. The number of carbonyl (C=O) groups is 1. The van der Waals surface area contributed by atoms with Crippen molar-refractivity contribution < 1.29 is 9.18 Å². The number of amides is 1. The SMILES string of the molecule is CCC1CCCN(C(=O)c2ccc(F)c(Br)c2)CC1. The summed E-state index contributed by atoms with van der Waals surface area (Å²) in [6.07, 6.45) is 4.52. The largest absolute Gasteiger partial charge is 0.339 e. The smallest absolute Gasteiger partial charge is 0.253 e. The molecule has 19 heavy (non-hydrogen) atoms. The van der Waals surface area contributed by atoms with Gasteiger partial charge in [-0.25, -0.2) is 4.39 Å². The van der Waals surface area contributed by atoms with Gasteiger partial charge in [0, 0.05) is 18.7 Å². The summed E-state index contributed by atoms with van der Waals surface area (Å²) >= 11 is 3.13. The lowest BCUT2D eigenvalue weighted by atomic mass is 9.98. The lowest BCUT2D eigenvalue weighted by molar-refractivity contribution is 0.0760. The fourth-order valence-electron chi connectivity index (χ4n) is 2.59. The zero-order valence-electron chi connectivity index (χ0n) is 11.2. The molecule has 104 valence electrons. The molecule has 1 fully saturated rings. The Hall–Kier alpha value is -0.900. The first-order valence-corrected chi connectivity index (χ1v) is 7.65. The van der Waals surface area contributed by atoms with Gasteiger partial charge in [0.05, 0.1) is 4.47 Å². The maximum atomic E-state index is 13.2. The van der Waals surface area contributed by atoms with Crippen molar-refractivity contribution in [2.75, 3.05) is 13.1 Å². The summed E-state index contributed by atoms with van der Waals surface area (Å²) in [5, 5.41) is 0. The summed E-state index contributed by atoms with van der Waals surface area (Å²) < 4.78 is 13.5. The Bertz CT molecular complexity index is 463. The molecule has 2 rings (SSSR count). The fraction of sp³-hybridized carbons (Fsp3) is 0.533. The number of rotatable bonds is 2. The van der Waals surface area contributed by atoms with E-state index < -0.39 is 0 Å². The number of likely N-dealkylation sites (tertiary alicyclic amines) is 1. The standard InChI is InChI=1S/C15H19BrFNO/c1-2-11-4-3-8-18(9-7-11)15(19)12-5-6-14(17)13(16)10-12/h5-6,10-11H,2-4,7-9H2,1H3. The van der Waals surface area contributed by atoms with Crippen LogP contribution in [0.3, 0.4) is 0 Å². The topological polar surface area (TPSA) is 20.3 Å². The number of benzene rings is 1. The molecule has 2 nitrogen and oxygen atoms in total. The van der Waals surface area contributed by atoms with E-state index in [1.165, 1.54) is 18.9 Å². The van der Waals surface area contributed by atoms with Crippen molar-refractivity contribution in [3.63, 3.8) is 0 Å². The third-order valence-corrected chi connectivity index (χ3v) is 4.49. The number of hydrogen-bond acceptors (Lipinski definition) is 1. The van der Waals surface area contributed by atoms with Crippen molar-refractivity contribution >= 4 is 21.8 Å². The molecule has 1 atom stereocenters. The van der Waals surface area contributed by atoms with Crippen molar-refractivity contribution in [2.24, 2.45) is 5.92 Å². The second-order valence-corrected chi connectivity index (χ2v) is 5.98. The minimum Gasteiger partial charge on any atom is -0.339 e. The lowest BCUT2D eigenvalue weighted by Crippen LogP contribution is -2.32. The van der Waals surface area contributed by atoms with Crippen molar-refractivity contribution in [1.29, 1.82) is 0 Å². The van der Waals surface area contributed by atoms with Crippen molar-refractivity contribution in [3.05, 3.63) is 34.1 Å². The van der Waals surface area contributed by atoms with Gasteiger partial charge in [-0.15, -0.1) is 0 Å². The Labute approximate surface area is 122 Å². The van der Waals surface area contributed by atoms with E-state index in [-0.39, 0.29) is 11.7 Å². The first kappa shape index (κ1) is 14.5. The average Bonchev–Trinajstić information content (AvgIpc) is 2.66. The molecule has 1 aliphatic rings. The Kier molecular flexibility index (Phi) is 4.97. The predicted molar refractivity (Wildman–Crippen MR) is 77.6 cm³/mol. The van der Waals surface area contributed by atoms with Gasteiger partial charge in [-0.2, -0.15) is 0 Å². The Morgan fingerprint density at radius 3 is 2.89 bits per heavy atom. The first-order chi connectivity index (χ1) is 9.11. The molecule has 0 bridgehead atoms. The van der Waals surface area contributed by atoms with Gasteiger partial charge in [0.2, 0.25) is 0 Å². The molecular weight excluding hydrogens is 309 g/mol. The van der Waals surface area contributed by atoms with Gasteiger partial charge in [0.15, 0.2) is 0 Å². The normalized spacial score (nSPS) is 20.2. The van der Waals surface area contributed by atoms with Gasteiger partial charge < -0.3 is 4.90 Å². The van der Waals surface area contributed by atoms with Gasteiger partial charge in [-0.05, 0) is 59.3 Å². The minimum absolute atomic E-state index is 0.0115. The van der Waals surface area contributed by atoms with Crippen LogP contribution in [0.5, 0.6) is 0 Å². The molecule has 1 heterocycles. The number of carbonyl (C=O) groups excluding carboxylic acids is 1. The van der Waals surface area contributed by atoms with Crippen LogP contribution in [0.25, 0.3) is 0 Å². The van der Waals surface area contributed by atoms with Crippen LogP contribution in [0, 0.1) is 11.7 Å².